The minimum Gasteiger partial charge on any atom is -0.457 e. The number of thioether (sulfide) groups is 1. The molecule has 5 aromatic rings. The molecule has 0 aliphatic rings. The molecule has 3 N–H and O–H groups in total. The number of amides is 3. The van der Waals surface area contributed by atoms with Gasteiger partial charge in [-0.1, -0.05) is 62.2 Å². The molecule has 0 aliphatic carbocycles. The van der Waals surface area contributed by atoms with Crippen LogP contribution in [0.25, 0.3) is 17.4 Å². The fraction of sp³-hybridized carbons (Fsp3) is 0.0571. The second-order valence-electron chi connectivity index (χ2n) is 9.94. The summed E-state index contributed by atoms with van der Waals surface area (Å²) >= 11 is 7.90. The molecule has 7 nitrogen and oxygen atoms in total. The van der Waals surface area contributed by atoms with Gasteiger partial charge in [0.1, 0.15) is 23.0 Å². The smallest absolute Gasteiger partial charge is 0.272 e. The van der Waals surface area contributed by atoms with Gasteiger partial charge in [0.05, 0.1) is 10.9 Å². The van der Waals surface area contributed by atoms with Crippen molar-refractivity contribution in [2.45, 2.75) is 17.1 Å². The van der Waals surface area contributed by atoms with Crippen LogP contribution in [-0.2, 0) is 9.59 Å². The maximum Gasteiger partial charge on any atom is 0.272 e. The van der Waals surface area contributed by atoms with Gasteiger partial charge in [-0.3, -0.25) is 14.4 Å². The average molecular weight is 763 g/mol. The lowest BCUT2D eigenvalue weighted by Gasteiger charge is -2.14. The van der Waals surface area contributed by atoms with E-state index in [-0.39, 0.29) is 17.3 Å². The van der Waals surface area contributed by atoms with Gasteiger partial charge in [-0.2, -0.15) is 0 Å². The Morgan fingerprint density at radius 2 is 1.52 bits per heavy atom. The molecule has 5 rings (SSSR count). The summed E-state index contributed by atoms with van der Waals surface area (Å²) in [6.07, 6.45) is 1.47. The molecule has 0 fully saturated rings. The highest BCUT2D eigenvalue weighted by atomic mass is 79.9. The Balaban J connectivity index is 1.28. The molecule has 0 bridgehead atoms. The van der Waals surface area contributed by atoms with Gasteiger partial charge in [0, 0.05) is 36.7 Å². The van der Waals surface area contributed by atoms with Gasteiger partial charge in [-0.15, -0.1) is 11.8 Å². The first-order chi connectivity index (χ1) is 22.1. The molecule has 0 saturated carbocycles. The number of rotatable bonds is 10. The van der Waals surface area contributed by atoms with Crippen molar-refractivity contribution in [1.29, 1.82) is 0 Å². The summed E-state index contributed by atoms with van der Waals surface area (Å²) in [5, 5.41) is 7.59. The molecule has 232 valence electrons. The molecule has 0 spiro atoms. The number of hydrogen-bond donors (Lipinski definition) is 3. The molecule has 1 unspecified atom stereocenters. The number of halogens is 3. The van der Waals surface area contributed by atoms with Crippen molar-refractivity contribution in [1.82, 2.24) is 5.32 Å². The molecule has 3 amide bonds. The van der Waals surface area contributed by atoms with Crippen LogP contribution in [0.1, 0.15) is 23.0 Å². The maximum absolute atomic E-state index is 14.1. The van der Waals surface area contributed by atoms with Crippen molar-refractivity contribution in [3.63, 3.8) is 0 Å². The van der Waals surface area contributed by atoms with Crippen molar-refractivity contribution < 1.29 is 23.2 Å². The van der Waals surface area contributed by atoms with E-state index < -0.39 is 22.9 Å². The topological polar surface area (TPSA) is 100 Å². The molecular weight excluding hydrogens is 737 g/mol. The Hall–Kier alpha value is -4.45. The second kappa shape index (κ2) is 15.2. The predicted octanol–water partition coefficient (Wildman–Crippen LogP) is 9.14. The molecular formula is C35H26Br2FN3O4S. The quantitative estimate of drug-likeness (QED) is 0.0974. The van der Waals surface area contributed by atoms with Gasteiger partial charge < -0.3 is 20.4 Å². The monoisotopic (exact) mass is 761 g/mol. The van der Waals surface area contributed by atoms with Gasteiger partial charge in [0.2, 0.25) is 5.91 Å². The predicted molar refractivity (Wildman–Crippen MR) is 187 cm³/mol. The molecule has 1 atom stereocenters. The number of carbonyl (C=O) groups excluding carboxylic acids is 3. The van der Waals surface area contributed by atoms with Gasteiger partial charge in [-0.05, 0) is 85.8 Å². The fourth-order valence-corrected chi connectivity index (χ4v) is 5.65. The number of hydrogen-bond acceptors (Lipinski definition) is 5. The summed E-state index contributed by atoms with van der Waals surface area (Å²) in [4.78, 5) is 39.9. The Morgan fingerprint density at radius 1 is 0.826 bits per heavy atom. The molecule has 0 aliphatic heterocycles. The van der Waals surface area contributed by atoms with E-state index in [4.69, 9.17) is 4.42 Å². The van der Waals surface area contributed by atoms with Crippen LogP contribution in [0.2, 0.25) is 0 Å². The van der Waals surface area contributed by atoms with Gasteiger partial charge >= 0.3 is 0 Å². The lowest BCUT2D eigenvalue weighted by molar-refractivity contribution is -0.115. The lowest BCUT2D eigenvalue weighted by atomic mass is 10.2. The van der Waals surface area contributed by atoms with E-state index in [1.807, 2.05) is 24.3 Å². The molecule has 1 heterocycles. The minimum atomic E-state index is -0.560. The third kappa shape index (κ3) is 8.84. The lowest BCUT2D eigenvalue weighted by Crippen LogP contribution is -2.30. The molecule has 11 heteroatoms. The highest BCUT2D eigenvalue weighted by molar-refractivity contribution is 9.10. The van der Waals surface area contributed by atoms with Crippen LogP contribution >= 0.6 is 43.6 Å². The van der Waals surface area contributed by atoms with E-state index in [0.29, 0.717) is 27.2 Å². The number of nitrogens with one attached hydrogen (secondary N) is 3. The normalized spacial score (nSPS) is 11.9. The third-order valence-electron chi connectivity index (χ3n) is 6.55. The standard InChI is InChI=1S/C35H26Br2FN3O4S/c1-21(33(42)40-30-17-11-25(37)19-29(30)38)46-28-15-12-26(13-16-28)39-35(44)31(41-34(43)23-5-3-2-4-6-23)20-27-14-18-32(45-27)22-7-9-24(36)10-8-22/h2-21H,1H3,(H,39,44)(H,40,42)(H,41,43)/b31-20-. The minimum absolute atomic E-state index is 0.0190. The highest BCUT2D eigenvalue weighted by Crippen LogP contribution is 2.28. The number of anilines is 2. The maximum atomic E-state index is 14.1. The van der Waals surface area contributed by atoms with Crippen LogP contribution in [-0.4, -0.2) is 23.0 Å². The summed E-state index contributed by atoms with van der Waals surface area (Å²) in [6, 6.07) is 31.0. The van der Waals surface area contributed by atoms with E-state index in [1.165, 1.54) is 30.0 Å². The van der Waals surface area contributed by atoms with E-state index in [1.54, 1.807) is 79.7 Å². The summed E-state index contributed by atoms with van der Waals surface area (Å²) in [5.74, 6) is -0.928. The van der Waals surface area contributed by atoms with Crippen LogP contribution in [0.5, 0.6) is 0 Å². The van der Waals surface area contributed by atoms with Crippen LogP contribution in [0.3, 0.4) is 0 Å². The van der Waals surface area contributed by atoms with Crippen molar-refractivity contribution in [2.24, 2.45) is 0 Å². The van der Waals surface area contributed by atoms with Crippen LogP contribution in [0.4, 0.5) is 15.8 Å². The zero-order valence-electron chi connectivity index (χ0n) is 24.2. The summed E-state index contributed by atoms with van der Waals surface area (Å²) in [7, 11) is 0. The molecule has 0 radical (unpaired) electrons. The Labute approximate surface area is 285 Å². The summed E-state index contributed by atoms with van der Waals surface area (Å²) < 4.78 is 21.6. The largest absolute Gasteiger partial charge is 0.457 e. The van der Waals surface area contributed by atoms with E-state index >= 15 is 0 Å². The van der Waals surface area contributed by atoms with Crippen LogP contribution in [0, 0.1) is 5.82 Å². The summed E-state index contributed by atoms with van der Waals surface area (Å²) in [6.45, 7) is 1.72. The first-order valence-corrected chi connectivity index (χ1v) is 16.4. The summed E-state index contributed by atoms with van der Waals surface area (Å²) in [5.41, 5.74) is 1.79. The average Bonchev–Trinajstić information content (AvgIpc) is 3.52. The van der Waals surface area contributed by atoms with E-state index in [2.05, 4.69) is 47.8 Å². The molecule has 4 aromatic carbocycles. The van der Waals surface area contributed by atoms with Crippen LogP contribution in [0.15, 0.2) is 133 Å². The van der Waals surface area contributed by atoms with Crippen molar-refractivity contribution in [3.05, 3.63) is 141 Å². The Morgan fingerprint density at radius 3 is 2.22 bits per heavy atom. The number of carbonyl (C=O) groups is 3. The molecule has 46 heavy (non-hydrogen) atoms. The number of benzene rings is 4. The van der Waals surface area contributed by atoms with E-state index in [0.717, 1.165) is 14.9 Å². The number of furan rings is 1. The van der Waals surface area contributed by atoms with E-state index in [9.17, 15) is 18.8 Å². The van der Waals surface area contributed by atoms with Crippen molar-refractivity contribution in [3.8, 4) is 11.3 Å². The fourth-order valence-electron chi connectivity index (χ4n) is 4.18. The zero-order valence-corrected chi connectivity index (χ0v) is 28.2. The van der Waals surface area contributed by atoms with Crippen LogP contribution < -0.4 is 16.0 Å². The van der Waals surface area contributed by atoms with Gasteiger partial charge in [0.25, 0.3) is 11.8 Å². The first kappa shape index (κ1) is 32.9. The third-order valence-corrected chi connectivity index (χ3v) is 8.69. The SMILES string of the molecule is CC(Sc1ccc(NC(=O)/C(=C/c2ccc(-c3ccc(Br)cc3)o2)NC(=O)c2ccccc2)cc1)C(=O)Nc1ccc(Br)cc1F. The second-order valence-corrected chi connectivity index (χ2v) is 13.2. The molecule has 0 saturated heterocycles. The highest BCUT2D eigenvalue weighted by Gasteiger charge is 2.18. The zero-order chi connectivity index (χ0) is 32.6. The Bertz CT molecular complexity index is 1900. The van der Waals surface area contributed by atoms with Crippen molar-refractivity contribution in [2.75, 3.05) is 10.6 Å². The first-order valence-electron chi connectivity index (χ1n) is 13.9. The molecule has 1 aromatic heterocycles. The Kier molecular flexibility index (Phi) is 10.9. The van der Waals surface area contributed by atoms with Crippen molar-refractivity contribution >= 4 is 78.8 Å². The van der Waals surface area contributed by atoms with Gasteiger partial charge in [0.15, 0.2) is 0 Å². The van der Waals surface area contributed by atoms with Gasteiger partial charge in [-0.25, -0.2) is 4.39 Å².